The minimum Gasteiger partial charge on any atom is -0.313 e. The van der Waals surface area contributed by atoms with Crippen LogP contribution in [0.15, 0.2) is 48.8 Å². The number of likely N-dealkylation sites (N-methyl/N-ethyl adjacent to an activating group) is 1. The van der Waals surface area contributed by atoms with Gasteiger partial charge in [-0.3, -0.25) is 4.98 Å². The highest BCUT2D eigenvalue weighted by Gasteiger charge is 2.34. The normalized spacial score (nSPS) is 13.2. The molecule has 0 radical (unpaired) electrons. The predicted octanol–water partition coefficient (Wildman–Crippen LogP) is 3.60. The van der Waals surface area contributed by atoms with E-state index in [1.807, 2.05) is 0 Å². The minimum absolute atomic E-state index is 0.263. The highest BCUT2D eigenvalue weighted by atomic mass is 19.4. The molecule has 2 rings (SSSR count). The number of benzene rings is 1. The Kier molecular flexibility index (Phi) is 4.39. The molecule has 0 spiro atoms. The first-order valence-electron chi connectivity index (χ1n) is 6.24. The van der Waals surface area contributed by atoms with Crippen molar-refractivity contribution in [1.82, 2.24) is 10.3 Å². The van der Waals surface area contributed by atoms with Gasteiger partial charge in [0.2, 0.25) is 0 Å². The van der Waals surface area contributed by atoms with E-state index in [4.69, 9.17) is 0 Å². The van der Waals surface area contributed by atoms with Crippen LogP contribution < -0.4 is 5.32 Å². The standard InChI is InChI=1S/C15H15F3N2/c1-19-14(10-11-6-8-20-9-7-11)12-4-2-3-5-13(12)15(16,17)18/h2-9,14,19H,10H2,1H3. The van der Waals surface area contributed by atoms with E-state index in [0.717, 1.165) is 11.6 Å². The van der Waals surface area contributed by atoms with E-state index >= 15 is 0 Å². The fourth-order valence-corrected chi connectivity index (χ4v) is 2.18. The van der Waals surface area contributed by atoms with E-state index in [2.05, 4.69) is 10.3 Å². The first kappa shape index (κ1) is 14.5. The Labute approximate surface area is 115 Å². The van der Waals surface area contributed by atoms with Crippen molar-refractivity contribution in [2.75, 3.05) is 7.05 Å². The highest BCUT2D eigenvalue weighted by molar-refractivity contribution is 5.33. The topological polar surface area (TPSA) is 24.9 Å². The molecule has 1 heterocycles. The summed E-state index contributed by atoms with van der Waals surface area (Å²) in [6, 6.07) is 8.89. The van der Waals surface area contributed by atoms with Crippen molar-refractivity contribution in [1.29, 1.82) is 0 Å². The van der Waals surface area contributed by atoms with E-state index in [1.165, 1.54) is 12.1 Å². The molecule has 1 unspecified atom stereocenters. The van der Waals surface area contributed by atoms with Crippen molar-refractivity contribution in [3.8, 4) is 0 Å². The maximum atomic E-state index is 13.0. The molecule has 1 atom stereocenters. The van der Waals surface area contributed by atoms with Gasteiger partial charge in [-0.25, -0.2) is 0 Å². The van der Waals surface area contributed by atoms with Crippen molar-refractivity contribution in [3.05, 3.63) is 65.5 Å². The Morgan fingerprint density at radius 2 is 1.75 bits per heavy atom. The maximum Gasteiger partial charge on any atom is 0.416 e. The van der Waals surface area contributed by atoms with E-state index in [-0.39, 0.29) is 5.56 Å². The van der Waals surface area contributed by atoms with Crippen LogP contribution in [0.2, 0.25) is 0 Å². The third-order valence-corrected chi connectivity index (χ3v) is 3.18. The van der Waals surface area contributed by atoms with Crippen LogP contribution in [0, 0.1) is 0 Å². The molecule has 2 nitrogen and oxygen atoms in total. The highest BCUT2D eigenvalue weighted by Crippen LogP contribution is 2.35. The fraction of sp³-hybridized carbons (Fsp3) is 0.267. The van der Waals surface area contributed by atoms with Gasteiger partial charge in [-0.15, -0.1) is 0 Å². The number of hydrogen-bond donors (Lipinski definition) is 1. The number of pyridine rings is 1. The summed E-state index contributed by atoms with van der Waals surface area (Å²) in [7, 11) is 1.67. The van der Waals surface area contributed by atoms with Gasteiger partial charge in [-0.1, -0.05) is 18.2 Å². The van der Waals surface area contributed by atoms with Crippen LogP contribution in [-0.4, -0.2) is 12.0 Å². The van der Waals surface area contributed by atoms with Gasteiger partial charge in [0.1, 0.15) is 0 Å². The lowest BCUT2D eigenvalue weighted by Crippen LogP contribution is -2.22. The van der Waals surface area contributed by atoms with Crippen LogP contribution in [0.3, 0.4) is 0 Å². The molecular formula is C15H15F3N2. The SMILES string of the molecule is CNC(Cc1ccncc1)c1ccccc1C(F)(F)F. The van der Waals surface area contributed by atoms with Gasteiger partial charge in [-0.2, -0.15) is 13.2 Å². The summed E-state index contributed by atoms with van der Waals surface area (Å²) in [6.45, 7) is 0. The lowest BCUT2D eigenvalue weighted by atomic mass is 9.95. The lowest BCUT2D eigenvalue weighted by molar-refractivity contribution is -0.138. The van der Waals surface area contributed by atoms with Crippen LogP contribution in [0.1, 0.15) is 22.7 Å². The average Bonchev–Trinajstić information content (AvgIpc) is 2.45. The van der Waals surface area contributed by atoms with Crippen LogP contribution in [0.5, 0.6) is 0 Å². The number of rotatable bonds is 4. The van der Waals surface area contributed by atoms with Crippen molar-refractivity contribution in [2.45, 2.75) is 18.6 Å². The van der Waals surface area contributed by atoms with Gasteiger partial charge in [0.25, 0.3) is 0 Å². The van der Waals surface area contributed by atoms with Crippen molar-refractivity contribution in [3.63, 3.8) is 0 Å². The summed E-state index contributed by atoms with van der Waals surface area (Å²) >= 11 is 0. The molecule has 0 aliphatic carbocycles. The molecule has 1 aromatic heterocycles. The molecule has 20 heavy (non-hydrogen) atoms. The molecule has 1 aromatic carbocycles. The minimum atomic E-state index is -4.34. The molecular weight excluding hydrogens is 265 g/mol. The second kappa shape index (κ2) is 6.05. The number of nitrogens with one attached hydrogen (secondary N) is 1. The van der Waals surface area contributed by atoms with E-state index in [1.54, 1.807) is 37.6 Å². The van der Waals surface area contributed by atoms with Gasteiger partial charge in [-0.05, 0) is 42.8 Å². The summed E-state index contributed by atoms with van der Waals surface area (Å²) in [4.78, 5) is 3.91. The summed E-state index contributed by atoms with van der Waals surface area (Å²) in [5, 5.41) is 2.96. The van der Waals surface area contributed by atoms with Gasteiger partial charge in [0.15, 0.2) is 0 Å². The zero-order valence-electron chi connectivity index (χ0n) is 11.0. The molecule has 0 fully saturated rings. The number of aromatic nitrogens is 1. The number of alkyl halides is 3. The largest absolute Gasteiger partial charge is 0.416 e. The predicted molar refractivity (Wildman–Crippen MR) is 71.2 cm³/mol. The average molecular weight is 280 g/mol. The molecule has 0 aliphatic rings. The van der Waals surface area contributed by atoms with Gasteiger partial charge in [0.05, 0.1) is 5.56 Å². The first-order chi connectivity index (χ1) is 9.52. The summed E-state index contributed by atoms with van der Waals surface area (Å²) < 4.78 is 39.1. The van der Waals surface area contributed by atoms with Crippen LogP contribution in [0.4, 0.5) is 13.2 Å². The van der Waals surface area contributed by atoms with E-state index < -0.39 is 17.8 Å². The Morgan fingerprint density at radius 1 is 1.10 bits per heavy atom. The number of hydrogen-bond acceptors (Lipinski definition) is 2. The van der Waals surface area contributed by atoms with Gasteiger partial charge in [0, 0.05) is 18.4 Å². The first-order valence-corrected chi connectivity index (χ1v) is 6.24. The molecule has 0 aliphatic heterocycles. The van der Waals surface area contributed by atoms with Gasteiger partial charge >= 0.3 is 6.18 Å². The van der Waals surface area contributed by atoms with E-state index in [9.17, 15) is 13.2 Å². The van der Waals surface area contributed by atoms with Crippen molar-refractivity contribution >= 4 is 0 Å². The fourth-order valence-electron chi connectivity index (χ4n) is 2.18. The molecule has 0 bridgehead atoms. The maximum absolute atomic E-state index is 13.0. The molecule has 0 saturated carbocycles. The monoisotopic (exact) mass is 280 g/mol. The Morgan fingerprint density at radius 3 is 2.35 bits per heavy atom. The number of nitrogens with zero attached hydrogens (tertiary/aromatic N) is 1. The van der Waals surface area contributed by atoms with Crippen LogP contribution in [-0.2, 0) is 12.6 Å². The van der Waals surface area contributed by atoms with Crippen molar-refractivity contribution < 1.29 is 13.2 Å². The summed E-state index contributed by atoms with van der Waals surface area (Å²) in [5.41, 5.74) is 0.615. The molecule has 5 heteroatoms. The third kappa shape index (κ3) is 3.36. The zero-order chi connectivity index (χ0) is 14.6. The molecule has 0 amide bonds. The lowest BCUT2D eigenvalue weighted by Gasteiger charge is -2.21. The Hall–Kier alpha value is -1.88. The molecule has 1 N–H and O–H groups in total. The van der Waals surface area contributed by atoms with Crippen LogP contribution in [0.25, 0.3) is 0 Å². The molecule has 0 saturated heterocycles. The van der Waals surface area contributed by atoms with E-state index in [0.29, 0.717) is 6.42 Å². The third-order valence-electron chi connectivity index (χ3n) is 3.18. The molecule has 106 valence electrons. The smallest absolute Gasteiger partial charge is 0.313 e. The molecule has 2 aromatic rings. The quantitative estimate of drug-likeness (QED) is 0.925. The zero-order valence-corrected chi connectivity index (χ0v) is 11.0. The van der Waals surface area contributed by atoms with Crippen LogP contribution >= 0.6 is 0 Å². The number of halogens is 3. The Balaban J connectivity index is 2.33. The summed E-state index contributed by atoms with van der Waals surface area (Å²) in [5.74, 6) is 0. The Bertz CT molecular complexity index is 553. The van der Waals surface area contributed by atoms with Gasteiger partial charge < -0.3 is 5.32 Å². The second-order valence-electron chi connectivity index (χ2n) is 4.49. The van der Waals surface area contributed by atoms with Crippen molar-refractivity contribution in [2.24, 2.45) is 0 Å². The second-order valence-corrected chi connectivity index (χ2v) is 4.49. The summed E-state index contributed by atoms with van der Waals surface area (Å²) in [6.07, 6.45) is -0.592.